The highest BCUT2D eigenvalue weighted by Gasteiger charge is 2.25. The number of carbonyl (C=O) groups excluding carboxylic acids is 2. The molecule has 0 spiro atoms. The molecule has 1 aromatic heterocycles. The number of thiophene rings is 1. The second kappa shape index (κ2) is 8.10. The predicted molar refractivity (Wildman–Crippen MR) is 85.2 cm³/mol. The van der Waals surface area contributed by atoms with E-state index < -0.39 is 0 Å². The smallest absolute Gasteiger partial charge is 0.237 e. The maximum atomic E-state index is 12.5. The summed E-state index contributed by atoms with van der Waals surface area (Å²) in [4.78, 5) is 28.6. The number of hydrogen-bond donors (Lipinski definition) is 0. The van der Waals surface area contributed by atoms with Crippen molar-refractivity contribution in [3.05, 3.63) is 35.0 Å². The Morgan fingerprint density at radius 2 is 2.38 bits per heavy atom. The van der Waals surface area contributed by atoms with E-state index in [4.69, 9.17) is 0 Å². The van der Waals surface area contributed by atoms with Crippen molar-refractivity contribution in [1.82, 2.24) is 9.80 Å². The molecule has 5 heteroatoms. The molecule has 0 aliphatic carbocycles. The normalized spacial score (nSPS) is 19.1. The van der Waals surface area contributed by atoms with Gasteiger partial charge in [0.2, 0.25) is 5.91 Å². The lowest BCUT2D eigenvalue weighted by atomic mass is 10.0. The van der Waals surface area contributed by atoms with Crippen LogP contribution in [0.2, 0.25) is 0 Å². The van der Waals surface area contributed by atoms with Crippen LogP contribution in [-0.4, -0.2) is 47.7 Å². The molecule has 0 aromatic carbocycles. The van der Waals surface area contributed by atoms with Gasteiger partial charge in [-0.15, -0.1) is 17.9 Å². The summed E-state index contributed by atoms with van der Waals surface area (Å²) < 4.78 is 0. The Balaban J connectivity index is 1.97. The van der Waals surface area contributed by atoms with Crippen LogP contribution in [-0.2, 0) is 16.1 Å². The van der Waals surface area contributed by atoms with Crippen LogP contribution in [0.25, 0.3) is 0 Å². The molecule has 0 radical (unpaired) electrons. The number of likely N-dealkylation sites (tertiary alicyclic amines) is 1. The number of amides is 1. The highest BCUT2D eigenvalue weighted by molar-refractivity contribution is 7.09. The summed E-state index contributed by atoms with van der Waals surface area (Å²) in [6, 6.07) is 3.92. The van der Waals surface area contributed by atoms with Crippen molar-refractivity contribution in [2.75, 3.05) is 19.6 Å². The van der Waals surface area contributed by atoms with Gasteiger partial charge in [0.1, 0.15) is 6.29 Å². The molecule has 2 rings (SSSR count). The fraction of sp³-hybridized carbons (Fsp3) is 0.500. The monoisotopic (exact) mass is 306 g/mol. The van der Waals surface area contributed by atoms with E-state index in [1.54, 1.807) is 22.3 Å². The molecule has 1 fully saturated rings. The average molecular weight is 306 g/mol. The van der Waals surface area contributed by atoms with Crippen LogP contribution in [0.5, 0.6) is 0 Å². The van der Waals surface area contributed by atoms with Gasteiger partial charge in [0.15, 0.2) is 0 Å². The Morgan fingerprint density at radius 3 is 3.05 bits per heavy atom. The first-order valence-corrected chi connectivity index (χ1v) is 8.23. The topological polar surface area (TPSA) is 40.6 Å². The van der Waals surface area contributed by atoms with Gasteiger partial charge in [-0.05, 0) is 30.8 Å². The number of piperidine rings is 1. The maximum Gasteiger partial charge on any atom is 0.237 e. The molecule has 1 aromatic rings. The Morgan fingerprint density at radius 1 is 1.52 bits per heavy atom. The van der Waals surface area contributed by atoms with E-state index in [0.717, 1.165) is 37.0 Å². The summed E-state index contributed by atoms with van der Waals surface area (Å²) in [5.74, 6) is 0.0667. The minimum Gasteiger partial charge on any atom is -0.333 e. The van der Waals surface area contributed by atoms with Crippen molar-refractivity contribution in [2.24, 2.45) is 0 Å². The lowest BCUT2D eigenvalue weighted by molar-refractivity contribution is -0.133. The van der Waals surface area contributed by atoms with Gasteiger partial charge in [-0.2, -0.15) is 0 Å². The third-order valence-electron chi connectivity index (χ3n) is 3.79. The molecule has 1 aliphatic rings. The van der Waals surface area contributed by atoms with Gasteiger partial charge in [0.05, 0.1) is 19.1 Å². The Bertz CT molecular complexity index is 473. The van der Waals surface area contributed by atoms with E-state index in [2.05, 4.69) is 6.58 Å². The third-order valence-corrected chi connectivity index (χ3v) is 4.65. The first-order chi connectivity index (χ1) is 10.2. The zero-order valence-corrected chi connectivity index (χ0v) is 13.1. The highest BCUT2D eigenvalue weighted by Crippen LogP contribution is 2.17. The molecule has 2 heterocycles. The van der Waals surface area contributed by atoms with Gasteiger partial charge in [-0.1, -0.05) is 18.6 Å². The Hall–Kier alpha value is -1.46. The van der Waals surface area contributed by atoms with Gasteiger partial charge >= 0.3 is 0 Å². The van der Waals surface area contributed by atoms with E-state index in [-0.39, 0.29) is 11.9 Å². The lowest BCUT2D eigenvalue weighted by Crippen LogP contribution is -2.47. The van der Waals surface area contributed by atoms with Crippen LogP contribution in [0.1, 0.15) is 24.1 Å². The van der Waals surface area contributed by atoms with Crippen LogP contribution >= 0.6 is 11.3 Å². The molecule has 1 unspecified atom stereocenters. The lowest BCUT2D eigenvalue weighted by Gasteiger charge is -2.33. The fourth-order valence-corrected chi connectivity index (χ4v) is 3.36. The van der Waals surface area contributed by atoms with Crippen LogP contribution in [0.15, 0.2) is 30.2 Å². The largest absolute Gasteiger partial charge is 0.333 e. The molecule has 114 valence electrons. The molecular formula is C16H22N2O2S. The van der Waals surface area contributed by atoms with E-state index in [9.17, 15) is 9.59 Å². The van der Waals surface area contributed by atoms with Gasteiger partial charge in [-0.3, -0.25) is 9.69 Å². The molecule has 0 bridgehead atoms. The van der Waals surface area contributed by atoms with Crippen LogP contribution < -0.4 is 0 Å². The summed E-state index contributed by atoms with van der Waals surface area (Å²) in [5.41, 5.74) is 0. The van der Waals surface area contributed by atoms with Crippen molar-refractivity contribution < 1.29 is 9.59 Å². The standard InChI is InChI=1S/C16H22N2O2S/c1-2-8-18(11-15-7-5-10-21-15)16(20)12-17-9-4-3-6-14(17)13-19/h2,5,7,10,13-14H,1,3-4,6,8-9,11-12H2. The third kappa shape index (κ3) is 4.51. The van der Waals surface area contributed by atoms with E-state index in [0.29, 0.717) is 19.6 Å². The number of carbonyl (C=O) groups is 2. The van der Waals surface area contributed by atoms with E-state index in [1.807, 2.05) is 22.4 Å². The second-order valence-electron chi connectivity index (χ2n) is 5.31. The first kappa shape index (κ1) is 15.9. The summed E-state index contributed by atoms with van der Waals surface area (Å²) in [6.45, 7) is 6.03. The molecule has 1 aliphatic heterocycles. The van der Waals surface area contributed by atoms with Gasteiger partial charge in [0, 0.05) is 11.4 Å². The number of rotatable bonds is 7. The second-order valence-corrected chi connectivity index (χ2v) is 6.34. The number of hydrogen-bond acceptors (Lipinski definition) is 4. The zero-order chi connectivity index (χ0) is 15.1. The van der Waals surface area contributed by atoms with Crippen molar-refractivity contribution in [1.29, 1.82) is 0 Å². The minimum absolute atomic E-state index is 0.0667. The van der Waals surface area contributed by atoms with Crippen molar-refractivity contribution in [2.45, 2.75) is 31.8 Å². The average Bonchev–Trinajstić information content (AvgIpc) is 3.00. The van der Waals surface area contributed by atoms with Crippen LogP contribution in [0.3, 0.4) is 0 Å². The van der Waals surface area contributed by atoms with Crippen molar-refractivity contribution in [3.63, 3.8) is 0 Å². The molecule has 1 saturated heterocycles. The zero-order valence-electron chi connectivity index (χ0n) is 12.2. The first-order valence-electron chi connectivity index (χ1n) is 7.35. The number of aldehydes is 1. The van der Waals surface area contributed by atoms with Gasteiger partial charge in [-0.25, -0.2) is 0 Å². The van der Waals surface area contributed by atoms with Gasteiger partial charge < -0.3 is 9.69 Å². The number of nitrogens with zero attached hydrogens (tertiary/aromatic N) is 2. The molecule has 0 N–H and O–H groups in total. The van der Waals surface area contributed by atoms with Crippen LogP contribution in [0.4, 0.5) is 0 Å². The molecular weight excluding hydrogens is 284 g/mol. The Kier molecular flexibility index (Phi) is 6.14. The molecule has 1 amide bonds. The minimum atomic E-state index is -0.102. The summed E-state index contributed by atoms with van der Waals surface area (Å²) in [6.07, 6.45) is 5.72. The van der Waals surface area contributed by atoms with Crippen molar-refractivity contribution >= 4 is 23.5 Å². The highest BCUT2D eigenvalue weighted by atomic mass is 32.1. The quantitative estimate of drug-likeness (QED) is 0.573. The molecule has 1 atom stereocenters. The summed E-state index contributed by atoms with van der Waals surface area (Å²) in [7, 11) is 0. The van der Waals surface area contributed by atoms with Crippen LogP contribution in [0, 0.1) is 0 Å². The van der Waals surface area contributed by atoms with Gasteiger partial charge in [0.25, 0.3) is 0 Å². The predicted octanol–water partition coefficient (Wildman–Crippen LogP) is 2.32. The molecule has 21 heavy (non-hydrogen) atoms. The van der Waals surface area contributed by atoms with E-state index in [1.165, 1.54) is 0 Å². The fourth-order valence-electron chi connectivity index (χ4n) is 2.64. The maximum absolute atomic E-state index is 12.5. The SMILES string of the molecule is C=CCN(Cc1cccs1)C(=O)CN1CCCCC1C=O. The van der Waals surface area contributed by atoms with Crippen molar-refractivity contribution in [3.8, 4) is 0 Å². The molecule has 4 nitrogen and oxygen atoms in total. The Labute approximate surface area is 130 Å². The summed E-state index contributed by atoms with van der Waals surface area (Å²) >= 11 is 1.65. The molecule has 0 saturated carbocycles. The van der Waals surface area contributed by atoms with E-state index >= 15 is 0 Å². The summed E-state index contributed by atoms with van der Waals surface area (Å²) in [5, 5.41) is 2.01.